The van der Waals surface area contributed by atoms with Gasteiger partial charge in [0.15, 0.2) is 0 Å². The van der Waals surface area contributed by atoms with Gasteiger partial charge >= 0.3 is 0 Å². The Hall–Kier alpha value is -1.83. The molecule has 3 amide bonds. The fourth-order valence-corrected chi connectivity index (χ4v) is 3.11. The molecule has 12 nitrogen and oxygen atoms in total. The van der Waals surface area contributed by atoms with Crippen LogP contribution in [0.1, 0.15) is 60.8 Å². The lowest BCUT2D eigenvalue weighted by molar-refractivity contribution is -0.129. The topological polar surface area (TPSA) is 143 Å². The molecule has 0 heterocycles. The summed E-state index contributed by atoms with van der Waals surface area (Å²) in [6.07, 6.45) is 1.48. The third-order valence-electron chi connectivity index (χ3n) is 5.04. The van der Waals surface area contributed by atoms with Crippen LogP contribution in [-0.2, 0) is 42.8 Å². The molecular formula is C28H55N3O9. The summed E-state index contributed by atoms with van der Waals surface area (Å²) in [7, 11) is 0. The zero-order valence-electron chi connectivity index (χ0n) is 25.6. The predicted octanol–water partition coefficient (Wildman–Crippen LogP) is 1.45. The Balaban J connectivity index is 4.11. The standard InChI is InChI=1S/C28H55N3O9/c1-22(2)7-10-35-13-14-36-15-16-37-17-18-40-21-28(34)31-25(19-38-11-8-26(32)29-23(3)4)20-39-12-9-27(33)30-24(5)6/h22-25H,7-21H2,1-6H3,(H,29,32)(H,30,33)(H,31,34). The van der Waals surface area contributed by atoms with Crippen molar-refractivity contribution in [1.29, 1.82) is 0 Å². The fourth-order valence-electron chi connectivity index (χ4n) is 3.11. The van der Waals surface area contributed by atoms with Crippen LogP contribution in [-0.4, -0.2) is 115 Å². The summed E-state index contributed by atoms with van der Waals surface area (Å²) in [4.78, 5) is 35.9. The van der Waals surface area contributed by atoms with Gasteiger partial charge in [0, 0.05) is 31.5 Å². The molecule has 236 valence electrons. The highest BCUT2D eigenvalue weighted by atomic mass is 16.6. The van der Waals surface area contributed by atoms with Gasteiger partial charge in [0.2, 0.25) is 17.7 Å². The van der Waals surface area contributed by atoms with Crippen LogP contribution in [0.25, 0.3) is 0 Å². The lowest BCUT2D eigenvalue weighted by Crippen LogP contribution is -2.43. The maximum Gasteiger partial charge on any atom is 0.246 e. The Morgan fingerprint density at radius 2 is 0.925 bits per heavy atom. The zero-order valence-corrected chi connectivity index (χ0v) is 25.6. The molecule has 0 fully saturated rings. The van der Waals surface area contributed by atoms with Gasteiger partial charge in [-0.25, -0.2) is 0 Å². The number of ether oxygens (including phenoxy) is 6. The van der Waals surface area contributed by atoms with Gasteiger partial charge in [0.25, 0.3) is 0 Å². The zero-order chi connectivity index (χ0) is 30.0. The average molecular weight is 578 g/mol. The van der Waals surface area contributed by atoms with Crippen molar-refractivity contribution >= 4 is 17.7 Å². The van der Waals surface area contributed by atoms with Crippen LogP contribution < -0.4 is 16.0 Å². The molecule has 0 unspecified atom stereocenters. The van der Waals surface area contributed by atoms with E-state index < -0.39 is 6.04 Å². The summed E-state index contributed by atoms with van der Waals surface area (Å²) in [6, 6.07) is -0.340. The summed E-state index contributed by atoms with van der Waals surface area (Å²) >= 11 is 0. The molecule has 0 radical (unpaired) electrons. The molecule has 0 aliphatic heterocycles. The van der Waals surface area contributed by atoms with Crippen molar-refractivity contribution in [1.82, 2.24) is 16.0 Å². The lowest BCUT2D eigenvalue weighted by atomic mass is 10.1. The van der Waals surface area contributed by atoms with E-state index in [9.17, 15) is 14.4 Å². The Bertz CT molecular complexity index is 619. The molecule has 12 heteroatoms. The van der Waals surface area contributed by atoms with Crippen molar-refractivity contribution < 1.29 is 42.8 Å². The molecular weight excluding hydrogens is 522 g/mol. The maximum absolute atomic E-state index is 12.3. The highest BCUT2D eigenvalue weighted by molar-refractivity contribution is 5.77. The van der Waals surface area contributed by atoms with Crippen LogP contribution in [0.2, 0.25) is 0 Å². The molecule has 0 aromatic heterocycles. The van der Waals surface area contributed by atoms with Crippen LogP contribution in [0.15, 0.2) is 0 Å². The minimum Gasteiger partial charge on any atom is -0.379 e. The fraction of sp³-hybridized carbons (Fsp3) is 0.893. The third kappa shape index (κ3) is 27.7. The monoisotopic (exact) mass is 577 g/mol. The Morgan fingerprint density at radius 3 is 1.35 bits per heavy atom. The molecule has 0 bridgehead atoms. The van der Waals surface area contributed by atoms with Gasteiger partial charge in [-0.2, -0.15) is 0 Å². The third-order valence-corrected chi connectivity index (χ3v) is 5.04. The van der Waals surface area contributed by atoms with Gasteiger partial charge in [-0.05, 0) is 40.0 Å². The van der Waals surface area contributed by atoms with Crippen molar-refractivity contribution in [2.75, 3.05) is 79.3 Å². The average Bonchev–Trinajstić information content (AvgIpc) is 2.86. The normalized spacial score (nSPS) is 11.6. The first-order chi connectivity index (χ1) is 19.1. The van der Waals surface area contributed by atoms with Crippen molar-refractivity contribution in [3.8, 4) is 0 Å². The molecule has 0 spiro atoms. The number of hydrogen-bond donors (Lipinski definition) is 3. The number of carbonyl (C=O) groups excluding carboxylic acids is 3. The molecule has 0 aliphatic carbocycles. The second-order valence-corrected chi connectivity index (χ2v) is 10.4. The van der Waals surface area contributed by atoms with E-state index in [4.69, 9.17) is 28.4 Å². The first kappa shape index (κ1) is 38.2. The van der Waals surface area contributed by atoms with E-state index >= 15 is 0 Å². The molecule has 0 saturated carbocycles. The second kappa shape index (κ2) is 26.1. The van der Waals surface area contributed by atoms with E-state index in [-0.39, 0.29) is 82.3 Å². The van der Waals surface area contributed by atoms with Crippen LogP contribution >= 0.6 is 0 Å². The van der Waals surface area contributed by atoms with Crippen LogP contribution in [0, 0.1) is 5.92 Å². The van der Waals surface area contributed by atoms with E-state index in [1.165, 1.54) is 0 Å². The summed E-state index contributed by atoms with van der Waals surface area (Å²) in [5, 5.41) is 8.41. The molecule has 0 saturated heterocycles. The summed E-state index contributed by atoms with van der Waals surface area (Å²) in [6.45, 7) is 15.8. The maximum atomic E-state index is 12.3. The summed E-state index contributed by atoms with van der Waals surface area (Å²) < 4.78 is 32.9. The van der Waals surface area contributed by atoms with Crippen molar-refractivity contribution in [2.24, 2.45) is 5.92 Å². The van der Waals surface area contributed by atoms with Crippen molar-refractivity contribution in [3.63, 3.8) is 0 Å². The van der Waals surface area contributed by atoms with E-state index in [0.717, 1.165) is 13.0 Å². The Morgan fingerprint density at radius 1 is 0.500 bits per heavy atom. The highest BCUT2D eigenvalue weighted by Gasteiger charge is 2.15. The SMILES string of the molecule is CC(C)CCOCCOCCOCCOCC(=O)NC(COCCC(=O)NC(C)C)COCCC(=O)NC(C)C. The number of rotatable bonds is 27. The predicted molar refractivity (Wildman–Crippen MR) is 152 cm³/mol. The highest BCUT2D eigenvalue weighted by Crippen LogP contribution is 1.98. The van der Waals surface area contributed by atoms with Gasteiger partial charge in [0.1, 0.15) is 6.61 Å². The van der Waals surface area contributed by atoms with Crippen molar-refractivity contribution in [3.05, 3.63) is 0 Å². The minimum absolute atomic E-state index is 0.0592. The minimum atomic E-state index is -0.458. The quantitative estimate of drug-likeness (QED) is 0.124. The van der Waals surface area contributed by atoms with Gasteiger partial charge in [-0.15, -0.1) is 0 Å². The number of nitrogens with one attached hydrogen (secondary N) is 3. The first-order valence-corrected chi connectivity index (χ1v) is 14.4. The largest absolute Gasteiger partial charge is 0.379 e. The molecule has 0 aliphatic rings. The van der Waals surface area contributed by atoms with Crippen LogP contribution in [0.4, 0.5) is 0 Å². The first-order valence-electron chi connectivity index (χ1n) is 14.4. The van der Waals surface area contributed by atoms with Gasteiger partial charge < -0.3 is 44.4 Å². The van der Waals surface area contributed by atoms with E-state index in [1.54, 1.807) is 0 Å². The van der Waals surface area contributed by atoms with E-state index in [2.05, 4.69) is 29.8 Å². The molecule has 0 aromatic carbocycles. The Kier molecular flexibility index (Phi) is 24.9. The summed E-state index contributed by atoms with van der Waals surface area (Å²) in [5.41, 5.74) is 0. The van der Waals surface area contributed by atoms with E-state index in [1.807, 2.05) is 27.7 Å². The molecule has 0 aromatic rings. The number of carbonyl (C=O) groups is 3. The van der Waals surface area contributed by atoms with Crippen LogP contribution in [0.5, 0.6) is 0 Å². The second-order valence-electron chi connectivity index (χ2n) is 10.4. The Labute approximate surface area is 240 Å². The number of amides is 3. The van der Waals surface area contributed by atoms with Gasteiger partial charge in [-0.3, -0.25) is 14.4 Å². The van der Waals surface area contributed by atoms with Gasteiger partial charge in [-0.1, -0.05) is 13.8 Å². The smallest absolute Gasteiger partial charge is 0.246 e. The molecule has 3 N–H and O–H groups in total. The van der Waals surface area contributed by atoms with Gasteiger partial charge in [0.05, 0.1) is 72.1 Å². The van der Waals surface area contributed by atoms with Crippen LogP contribution in [0.3, 0.4) is 0 Å². The molecule has 0 rings (SSSR count). The van der Waals surface area contributed by atoms with E-state index in [0.29, 0.717) is 39.0 Å². The molecule has 40 heavy (non-hydrogen) atoms. The lowest BCUT2D eigenvalue weighted by Gasteiger charge is -2.19. The van der Waals surface area contributed by atoms with Crippen molar-refractivity contribution in [2.45, 2.75) is 78.9 Å². The summed E-state index contributed by atoms with van der Waals surface area (Å²) in [5.74, 6) is 0.105. The molecule has 0 atom stereocenters. The number of hydrogen-bond acceptors (Lipinski definition) is 9.